The molecule has 0 aliphatic carbocycles. The maximum Gasteiger partial charge on any atom is 1.00 e. The van der Waals surface area contributed by atoms with E-state index >= 15 is 0 Å². The summed E-state index contributed by atoms with van der Waals surface area (Å²) >= 11 is 0. The number of phenolic OH excluding ortho intramolecular Hbond substituents is 1. The van der Waals surface area contributed by atoms with Crippen LogP contribution in [0.4, 0.5) is 11.4 Å². The molecule has 0 aromatic heterocycles. The van der Waals surface area contributed by atoms with Crippen LogP contribution in [-0.4, -0.2) is 48.2 Å². The summed E-state index contributed by atoms with van der Waals surface area (Å²) in [6.45, 7) is 0. The van der Waals surface area contributed by atoms with Crippen molar-refractivity contribution in [2.45, 2.75) is 9.79 Å². The molecule has 0 heterocycles. The van der Waals surface area contributed by atoms with Crippen molar-refractivity contribution >= 4 is 55.0 Å². The number of hydrogen-bond acceptors (Lipinski definition) is 9. The molecular weight excluding hydrogens is 485 g/mol. The summed E-state index contributed by atoms with van der Waals surface area (Å²) in [6, 6.07) is 9.40. The van der Waals surface area contributed by atoms with Gasteiger partial charge in [-0.05, 0) is 41.2 Å². The minimum atomic E-state index is -4.91. The molecule has 0 amide bonds. The Balaban J connectivity index is 0. The first-order valence-electron chi connectivity index (χ1n) is 8.00. The molecule has 160 valence electrons. The smallest absolute Gasteiger partial charge is 1.00 e. The predicted molar refractivity (Wildman–Crippen MR) is 108 cm³/mol. The van der Waals surface area contributed by atoms with Crippen molar-refractivity contribution in [1.29, 1.82) is 0 Å². The fourth-order valence-corrected chi connectivity index (χ4v) is 3.74. The van der Waals surface area contributed by atoms with E-state index in [1.807, 2.05) is 0 Å². The fraction of sp³-hybridized carbons (Fsp3) is 0. The van der Waals surface area contributed by atoms with Crippen LogP contribution in [0, 0.1) is 0 Å². The van der Waals surface area contributed by atoms with Crippen LogP contribution in [0.5, 0.6) is 5.75 Å². The maximum atomic E-state index is 11.6. The minimum Gasteiger partial charge on any atom is -1.00 e. The van der Waals surface area contributed by atoms with E-state index < -0.39 is 42.9 Å². The third-order valence-electron chi connectivity index (χ3n) is 4.05. The molecule has 0 atom stereocenters. The van der Waals surface area contributed by atoms with Gasteiger partial charge in [0.05, 0.1) is 10.6 Å². The Morgan fingerprint density at radius 1 is 0.812 bits per heavy atom. The number of aromatic hydroxyl groups is 1. The number of azo groups is 1. The Morgan fingerprint density at radius 3 is 1.91 bits per heavy atom. The van der Waals surface area contributed by atoms with Crippen molar-refractivity contribution in [3.63, 3.8) is 0 Å². The average Bonchev–Trinajstić information content (AvgIpc) is 2.65. The zero-order valence-electron chi connectivity index (χ0n) is 18.8. The summed E-state index contributed by atoms with van der Waals surface area (Å²) in [5, 5.41) is 36.2. The summed E-state index contributed by atoms with van der Waals surface area (Å²) in [5.41, 5.74) is 0.0143. The van der Waals surface area contributed by atoms with E-state index in [0.717, 1.165) is 18.2 Å². The van der Waals surface area contributed by atoms with Crippen LogP contribution in [0.1, 0.15) is 2.85 Å². The third kappa shape index (κ3) is 6.59. The second kappa shape index (κ2) is 11.0. The molecular formula is C16H15BN2Na2O9S2. The van der Waals surface area contributed by atoms with Gasteiger partial charge in [-0.25, -0.2) is 0 Å². The molecule has 0 bridgehead atoms. The van der Waals surface area contributed by atoms with Crippen LogP contribution in [0.3, 0.4) is 0 Å². The summed E-state index contributed by atoms with van der Waals surface area (Å²) in [4.78, 5) is -1.47. The van der Waals surface area contributed by atoms with Crippen molar-refractivity contribution in [1.82, 2.24) is 0 Å². The first-order chi connectivity index (χ1) is 13.9. The van der Waals surface area contributed by atoms with E-state index in [2.05, 4.69) is 10.2 Å². The molecule has 0 spiro atoms. The zero-order valence-corrected chi connectivity index (χ0v) is 22.4. The number of fused-ring (bicyclic) bond motifs is 1. The fourth-order valence-electron chi connectivity index (χ4n) is 2.61. The van der Waals surface area contributed by atoms with Crippen LogP contribution in [0.25, 0.3) is 10.8 Å². The van der Waals surface area contributed by atoms with Crippen LogP contribution in [0.15, 0.2) is 68.6 Å². The Labute approximate surface area is 230 Å². The molecule has 5 N–H and O–H groups in total. The van der Waals surface area contributed by atoms with Crippen molar-refractivity contribution in [2.75, 3.05) is 0 Å². The van der Waals surface area contributed by atoms with Gasteiger partial charge < -0.3 is 18.0 Å². The topological polar surface area (TPSA) is 194 Å². The molecule has 3 rings (SSSR count). The largest absolute Gasteiger partial charge is 1.00 e. The minimum absolute atomic E-state index is 0. The quantitative estimate of drug-likeness (QED) is 0.130. The molecule has 0 aliphatic rings. The number of nitrogens with zero attached hydrogens (tertiary/aromatic N) is 2. The number of hydrogen-bond donors (Lipinski definition) is 5. The van der Waals surface area contributed by atoms with Gasteiger partial charge in [-0.15, -0.1) is 5.11 Å². The van der Waals surface area contributed by atoms with Crippen LogP contribution >= 0.6 is 0 Å². The number of rotatable bonds is 5. The van der Waals surface area contributed by atoms with Crippen LogP contribution < -0.4 is 64.6 Å². The van der Waals surface area contributed by atoms with E-state index in [-0.39, 0.29) is 89.6 Å². The SMILES string of the molecule is O=S(=O)(O)c1ccc2c(N=Nc3ccc(B(O)O)cc3)c(O)c(S(=O)(=O)O)cc2c1.[H-].[H-].[Na+].[Na+]. The first-order valence-corrected chi connectivity index (χ1v) is 10.9. The van der Waals surface area contributed by atoms with E-state index in [9.17, 15) is 31.0 Å². The van der Waals surface area contributed by atoms with Gasteiger partial charge in [0.15, 0.2) is 5.75 Å². The molecule has 0 unspecified atom stereocenters. The van der Waals surface area contributed by atoms with E-state index in [4.69, 9.17) is 10.0 Å². The van der Waals surface area contributed by atoms with Gasteiger partial charge in [-0.3, -0.25) is 9.11 Å². The van der Waals surface area contributed by atoms with Crippen LogP contribution in [-0.2, 0) is 20.2 Å². The molecule has 0 saturated carbocycles. The number of phenols is 1. The number of benzene rings is 3. The molecule has 3 aromatic carbocycles. The maximum absolute atomic E-state index is 11.6. The van der Waals surface area contributed by atoms with Crippen LogP contribution in [0.2, 0.25) is 0 Å². The molecule has 11 nitrogen and oxygen atoms in total. The van der Waals surface area contributed by atoms with E-state index in [1.54, 1.807) is 0 Å². The molecule has 0 fully saturated rings. The van der Waals surface area contributed by atoms with E-state index in [1.165, 1.54) is 30.3 Å². The molecule has 16 heteroatoms. The van der Waals surface area contributed by atoms with E-state index in [0.29, 0.717) is 0 Å². The van der Waals surface area contributed by atoms with Gasteiger partial charge in [-0.2, -0.15) is 21.9 Å². The Hall–Kier alpha value is -0.875. The summed E-state index contributed by atoms with van der Waals surface area (Å²) in [7, 11) is -11.2. The third-order valence-corrected chi connectivity index (χ3v) is 5.77. The Bertz CT molecular complexity index is 1390. The predicted octanol–water partition coefficient (Wildman–Crippen LogP) is -4.63. The van der Waals surface area contributed by atoms with Gasteiger partial charge in [-0.1, -0.05) is 18.2 Å². The monoisotopic (exact) mass is 500 g/mol. The Kier molecular flexibility index (Phi) is 10.1. The normalized spacial score (nSPS) is 11.8. The zero-order chi connectivity index (χ0) is 22.3. The van der Waals surface area contributed by atoms with Crippen molar-refractivity contribution in [3.05, 3.63) is 48.5 Å². The molecule has 32 heavy (non-hydrogen) atoms. The van der Waals surface area contributed by atoms with Crippen molar-refractivity contribution < 1.29 is 103 Å². The first kappa shape index (κ1) is 29.2. The summed E-state index contributed by atoms with van der Waals surface area (Å²) in [6.07, 6.45) is 0. The second-order valence-corrected chi connectivity index (χ2v) is 8.88. The van der Waals surface area contributed by atoms with Crippen molar-refractivity contribution in [2.24, 2.45) is 10.2 Å². The average molecular weight is 500 g/mol. The molecule has 0 aliphatic heterocycles. The van der Waals surface area contributed by atoms with Gasteiger partial charge in [0.2, 0.25) is 0 Å². The molecule has 0 saturated heterocycles. The summed E-state index contributed by atoms with van der Waals surface area (Å²) < 4.78 is 64.5. The standard InChI is InChI=1S/C16H13BN2O9S2.2Na.2H/c20-16-14(30(26,27)28)8-9-7-12(29(23,24)25)5-6-13(9)15(16)19-18-11-3-1-10(2-4-11)17(21)22;;;;/h1-8,20-22H,(H,23,24,25)(H,26,27,28);;;;/q;2*+1;2*-1. The van der Waals surface area contributed by atoms with Gasteiger partial charge in [0, 0.05) is 5.39 Å². The molecule has 3 aromatic rings. The second-order valence-electron chi connectivity index (χ2n) is 6.07. The molecule has 0 radical (unpaired) electrons. The van der Waals surface area contributed by atoms with Crippen molar-refractivity contribution in [3.8, 4) is 5.75 Å². The van der Waals surface area contributed by atoms with Gasteiger partial charge in [0.25, 0.3) is 20.2 Å². The Morgan fingerprint density at radius 2 is 1.41 bits per heavy atom. The van der Waals surface area contributed by atoms with Gasteiger partial charge >= 0.3 is 66.2 Å². The van der Waals surface area contributed by atoms with Gasteiger partial charge in [0.1, 0.15) is 10.6 Å². The summed E-state index contributed by atoms with van der Waals surface area (Å²) in [5.74, 6) is -0.921.